The van der Waals surface area contributed by atoms with Crippen LogP contribution >= 0.6 is 0 Å². The van der Waals surface area contributed by atoms with E-state index < -0.39 is 5.97 Å². The number of benzene rings is 1. The molecule has 2 heterocycles. The highest BCUT2D eigenvalue weighted by molar-refractivity contribution is 5.96. The van der Waals surface area contributed by atoms with E-state index in [1.54, 1.807) is 30.6 Å². The number of fused-ring (bicyclic) bond motifs is 1. The summed E-state index contributed by atoms with van der Waals surface area (Å²) in [4.78, 5) is 23.4. The zero-order valence-electron chi connectivity index (χ0n) is 9.82. The molecular weight excluding hydrogens is 242 g/mol. The highest BCUT2D eigenvalue weighted by atomic mass is 16.4. The highest BCUT2D eigenvalue weighted by Gasteiger charge is 2.09. The molecule has 0 radical (unpaired) electrons. The number of nitrogens with zero attached hydrogens (tertiary/aromatic N) is 3. The lowest BCUT2D eigenvalue weighted by molar-refractivity contribution is 0.0691. The van der Waals surface area contributed by atoms with Gasteiger partial charge in [-0.1, -0.05) is 12.1 Å². The summed E-state index contributed by atoms with van der Waals surface area (Å²) in [5, 5.41) is 9.78. The smallest absolute Gasteiger partial charge is 0.354 e. The Morgan fingerprint density at radius 1 is 1.00 bits per heavy atom. The largest absolute Gasteiger partial charge is 0.477 e. The van der Waals surface area contributed by atoms with E-state index in [9.17, 15) is 4.79 Å². The second kappa shape index (κ2) is 4.45. The minimum absolute atomic E-state index is 0.0265. The molecule has 2 aromatic heterocycles. The summed E-state index contributed by atoms with van der Waals surface area (Å²) in [5.41, 5.74) is 1.48. The fourth-order valence-electron chi connectivity index (χ4n) is 1.91. The van der Waals surface area contributed by atoms with Crippen LogP contribution in [-0.4, -0.2) is 26.0 Å². The van der Waals surface area contributed by atoms with Crippen LogP contribution < -0.4 is 0 Å². The second-order valence-corrected chi connectivity index (χ2v) is 3.95. The standard InChI is InChI=1S/C14H9N3O2/c18-14(19)12-6-5-9-10(3-1-4-11(9)17-12)13-15-7-2-8-16-13/h1-8H,(H,18,19). The van der Waals surface area contributed by atoms with Gasteiger partial charge in [0.15, 0.2) is 5.82 Å². The predicted molar refractivity (Wildman–Crippen MR) is 69.7 cm³/mol. The molecule has 0 fully saturated rings. The number of hydrogen-bond donors (Lipinski definition) is 1. The number of pyridine rings is 1. The van der Waals surface area contributed by atoms with Crippen molar-refractivity contribution >= 4 is 16.9 Å². The fourth-order valence-corrected chi connectivity index (χ4v) is 1.91. The number of carbonyl (C=O) groups is 1. The first-order valence-electron chi connectivity index (χ1n) is 5.66. The van der Waals surface area contributed by atoms with Gasteiger partial charge in [-0.25, -0.2) is 19.7 Å². The average Bonchev–Trinajstić information content (AvgIpc) is 2.47. The van der Waals surface area contributed by atoms with Crippen molar-refractivity contribution in [2.24, 2.45) is 0 Å². The van der Waals surface area contributed by atoms with Crippen molar-refractivity contribution in [2.45, 2.75) is 0 Å². The van der Waals surface area contributed by atoms with Gasteiger partial charge in [0.25, 0.3) is 0 Å². The topological polar surface area (TPSA) is 76.0 Å². The van der Waals surface area contributed by atoms with Crippen LogP contribution in [0.2, 0.25) is 0 Å². The van der Waals surface area contributed by atoms with Crippen molar-refractivity contribution in [3.8, 4) is 11.4 Å². The summed E-state index contributed by atoms with van der Waals surface area (Å²) in [5.74, 6) is -0.443. The Labute approximate surface area is 108 Å². The van der Waals surface area contributed by atoms with Crippen molar-refractivity contribution in [1.82, 2.24) is 15.0 Å². The van der Waals surface area contributed by atoms with Crippen LogP contribution in [0.3, 0.4) is 0 Å². The molecule has 0 spiro atoms. The summed E-state index contributed by atoms with van der Waals surface area (Å²) in [6.07, 6.45) is 3.33. The van der Waals surface area contributed by atoms with Gasteiger partial charge in [-0.3, -0.25) is 0 Å². The van der Waals surface area contributed by atoms with Crippen LogP contribution in [0.4, 0.5) is 0 Å². The molecule has 19 heavy (non-hydrogen) atoms. The van der Waals surface area contributed by atoms with Crippen molar-refractivity contribution in [3.05, 3.63) is 54.5 Å². The number of carboxylic acids is 1. The molecule has 5 heteroatoms. The molecule has 1 N–H and O–H groups in total. The summed E-state index contributed by atoms with van der Waals surface area (Å²) in [7, 11) is 0. The Kier molecular flexibility index (Phi) is 2.64. The summed E-state index contributed by atoms with van der Waals surface area (Å²) < 4.78 is 0. The van der Waals surface area contributed by atoms with E-state index in [4.69, 9.17) is 5.11 Å². The van der Waals surface area contributed by atoms with Gasteiger partial charge in [0.1, 0.15) is 5.69 Å². The Bertz CT molecular complexity index is 757. The monoisotopic (exact) mass is 251 g/mol. The Morgan fingerprint density at radius 3 is 2.53 bits per heavy atom. The number of aromatic nitrogens is 3. The third-order valence-electron chi connectivity index (χ3n) is 2.76. The SMILES string of the molecule is O=C(O)c1ccc2c(-c3ncccn3)cccc2n1. The zero-order chi connectivity index (χ0) is 13.2. The van der Waals surface area contributed by atoms with E-state index in [1.165, 1.54) is 6.07 Å². The molecule has 0 atom stereocenters. The van der Waals surface area contributed by atoms with Gasteiger partial charge in [0.05, 0.1) is 5.52 Å². The lowest BCUT2D eigenvalue weighted by Crippen LogP contribution is -2.00. The molecule has 0 amide bonds. The lowest BCUT2D eigenvalue weighted by atomic mass is 10.1. The molecule has 0 saturated carbocycles. The van der Waals surface area contributed by atoms with Crippen molar-refractivity contribution in [1.29, 1.82) is 0 Å². The molecule has 1 aromatic carbocycles. The van der Waals surface area contributed by atoms with Crippen LogP contribution in [0.15, 0.2) is 48.8 Å². The van der Waals surface area contributed by atoms with E-state index in [-0.39, 0.29) is 5.69 Å². The molecular formula is C14H9N3O2. The number of hydrogen-bond acceptors (Lipinski definition) is 4. The van der Waals surface area contributed by atoms with Crippen LogP contribution in [-0.2, 0) is 0 Å². The first kappa shape index (κ1) is 11.3. The number of aromatic carboxylic acids is 1. The first-order valence-corrected chi connectivity index (χ1v) is 5.66. The van der Waals surface area contributed by atoms with Crippen molar-refractivity contribution in [2.75, 3.05) is 0 Å². The van der Waals surface area contributed by atoms with E-state index in [1.807, 2.05) is 12.1 Å². The molecule has 5 nitrogen and oxygen atoms in total. The number of rotatable bonds is 2. The van der Waals surface area contributed by atoms with Crippen LogP contribution in [0, 0.1) is 0 Å². The van der Waals surface area contributed by atoms with Crippen molar-refractivity contribution in [3.63, 3.8) is 0 Å². The zero-order valence-corrected chi connectivity index (χ0v) is 9.82. The van der Waals surface area contributed by atoms with E-state index in [2.05, 4.69) is 15.0 Å². The molecule has 3 rings (SSSR count). The quantitative estimate of drug-likeness (QED) is 0.756. The van der Waals surface area contributed by atoms with Gasteiger partial charge in [-0.05, 0) is 24.3 Å². The van der Waals surface area contributed by atoms with Gasteiger partial charge >= 0.3 is 5.97 Å². The molecule has 0 aliphatic rings. The van der Waals surface area contributed by atoms with Crippen LogP contribution in [0.5, 0.6) is 0 Å². The normalized spacial score (nSPS) is 10.5. The Hall–Kier alpha value is -2.82. The van der Waals surface area contributed by atoms with Crippen molar-refractivity contribution < 1.29 is 9.90 Å². The maximum atomic E-state index is 10.9. The van der Waals surface area contributed by atoms with Gasteiger partial charge in [0.2, 0.25) is 0 Å². The first-order chi connectivity index (χ1) is 9.25. The maximum absolute atomic E-state index is 10.9. The number of carboxylic acid groups (broad SMARTS) is 1. The second-order valence-electron chi connectivity index (χ2n) is 3.95. The van der Waals surface area contributed by atoms with Gasteiger partial charge in [-0.15, -0.1) is 0 Å². The third kappa shape index (κ3) is 2.01. The van der Waals surface area contributed by atoms with Gasteiger partial charge < -0.3 is 5.11 Å². The Morgan fingerprint density at radius 2 is 1.79 bits per heavy atom. The molecule has 0 saturated heterocycles. The summed E-state index contributed by atoms with van der Waals surface area (Å²) >= 11 is 0. The predicted octanol–water partition coefficient (Wildman–Crippen LogP) is 2.39. The Balaban J connectivity index is 2.25. The van der Waals surface area contributed by atoms with E-state index >= 15 is 0 Å². The minimum Gasteiger partial charge on any atom is -0.477 e. The molecule has 0 aliphatic carbocycles. The highest BCUT2D eigenvalue weighted by Crippen LogP contribution is 2.24. The van der Waals surface area contributed by atoms with E-state index in [0.717, 1.165) is 10.9 Å². The lowest BCUT2D eigenvalue weighted by Gasteiger charge is -2.05. The fraction of sp³-hybridized carbons (Fsp3) is 0. The minimum atomic E-state index is -1.04. The third-order valence-corrected chi connectivity index (χ3v) is 2.76. The molecule has 0 aliphatic heterocycles. The molecule has 0 unspecified atom stereocenters. The maximum Gasteiger partial charge on any atom is 0.354 e. The summed E-state index contributed by atoms with van der Waals surface area (Å²) in [6, 6.07) is 10.4. The molecule has 0 bridgehead atoms. The molecule has 92 valence electrons. The van der Waals surface area contributed by atoms with E-state index in [0.29, 0.717) is 11.3 Å². The summed E-state index contributed by atoms with van der Waals surface area (Å²) in [6.45, 7) is 0. The van der Waals surface area contributed by atoms with Gasteiger partial charge in [0, 0.05) is 23.3 Å². The molecule has 3 aromatic rings. The van der Waals surface area contributed by atoms with Crippen LogP contribution in [0.25, 0.3) is 22.3 Å². The average molecular weight is 251 g/mol. The van der Waals surface area contributed by atoms with Crippen LogP contribution in [0.1, 0.15) is 10.5 Å². The van der Waals surface area contributed by atoms with Gasteiger partial charge in [-0.2, -0.15) is 0 Å².